The lowest BCUT2D eigenvalue weighted by Gasteiger charge is -2.16. The first-order valence-electron chi connectivity index (χ1n) is 6.04. The number of amides is 1. The van der Waals surface area contributed by atoms with Gasteiger partial charge in [0.2, 0.25) is 5.91 Å². The second kappa shape index (κ2) is 7.41. The number of methoxy groups -OCH3 is 1. The van der Waals surface area contributed by atoms with Crippen LogP contribution >= 0.6 is 0 Å². The molecule has 1 rings (SSSR count). The SMILES string of the molecule is CNC(=O)CC(COC(C)=O)c1ccc(OC)cc1. The van der Waals surface area contributed by atoms with Gasteiger partial charge in [0.25, 0.3) is 0 Å². The molecule has 0 saturated heterocycles. The summed E-state index contributed by atoms with van der Waals surface area (Å²) in [6.07, 6.45) is 0.274. The van der Waals surface area contributed by atoms with Crippen LogP contribution in [0.3, 0.4) is 0 Å². The van der Waals surface area contributed by atoms with Crippen molar-refractivity contribution < 1.29 is 19.1 Å². The van der Waals surface area contributed by atoms with E-state index >= 15 is 0 Å². The highest BCUT2D eigenvalue weighted by Crippen LogP contribution is 2.23. The minimum Gasteiger partial charge on any atom is -0.497 e. The average Bonchev–Trinajstić information content (AvgIpc) is 2.43. The Hall–Kier alpha value is -2.04. The smallest absolute Gasteiger partial charge is 0.302 e. The Kier molecular flexibility index (Phi) is 5.85. The third-order valence-corrected chi connectivity index (χ3v) is 2.79. The van der Waals surface area contributed by atoms with Crippen LogP contribution in [-0.4, -0.2) is 32.6 Å². The maximum atomic E-state index is 11.5. The predicted molar refractivity (Wildman–Crippen MR) is 71.1 cm³/mol. The highest BCUT2D eigenvalue weighted by molar-refractivity contribution is 5.76. The summed E-state index contributed by atoms with van der Waals surface area (Å²) in [5.74, 6) is 0.146. The van der Waals surface area contributed by atoms with Crippen LogP contribution in [-0.2, 0) is 14.3 Å². The highest BCUT2D eigenvalue weighted by Gasteiger charge is 2.17. The maximum absolute atomic E-state index is 11.5. The zero-order valence-electron chi connectivity index (χ0n) is 11.4. The zero-order chi connectivity index (χ0) is 14.3. The van der Waals surface area contributed by atoms with E-state index in [1.165, 1.54) is 6.92 Å². The number of hydrogen-bond acceptors (Lipinski definition) is 4. The molecule has 104 valence electrons. The van der Waals surface area contributed by atoms with Crippen LogP contribution < -0.4 is 10.1 Å². The van der Waals surface area contributed by atoms with Gasteiger partial charge in [-0.1, -0.05) is 12.1 Å². The van der Waals surface area contributed by atoms with Crippen molar-refractivity contribution in [2.24, 2.45) is 0 Å². The number of hydrogen-bond donors (Lipinski definition) is 1. The molecule has 0 radical (unpaired) electrons. The lowest BCUT2D eigenvalue weighted by Crippen LogP contribution is -2.23. The highest BCUT2D eigenvalue weighted by atomic mass is 16.5. The number of carbonyl (C=O) groups excluding carboxylic acids is 2. The van der Waals surface area contributed by atoms with Crippen LogP contribution in [0.5, 0.6) is 5.75 Å². The van der Waals surface area contributed by atoms with Crippen LogP contribution in [0, 0.1) is 0 Å². The summed E-state index contributed by atoms with van der Waals surface area (Å²) in [6.45, 7) is 1.54. The summed E-state index contributed by atoms with van der Waals surface area (Å²) in [7, 11) is 3.18. The lowest BCUT2D eigenvalue weighted by molar-refractivity contribution is -0.142. The summed E-state index contributed by atoms with van der Waals surface area (Å²) in [6, 6.07) is 7.38. The molecule has 1 N–H and O–H groups in total. The quantitative estimate of drug-likeness (QED) is 0.791. The average molecular weight is 265 g/mol. The number of ether oxygens (including phenoxy) is 2. The Labute approximate surface area is 112 Å². The van der Waals surface area contributed by atoms with Crippen LogP contribution in [0.4, 0.5) is 0 Å². The van der Waals surface area contributed by atoms with E-state index in [-0.39, 0.29) is 30.8 Å². The molecule has 0 bridgehead atoms. The van der Waals surface area contributed by atoms with E-state index in [0.29, 0.717) is 0 Å². The fourth-order valence-corrected chi connectivity index (χ4v) is 1.69. The van der Waals surface area contributed by atoms with E-state index in [0.717, 1.165) is 11.3 Å². The number of carbonyl (C=O) groups is 2. The second-order valence-corrected chi connectivity index (χ2v) is 4.15. The minimum atomic E-state index is -0.351. The summed E-state index contributed by atoms with van der Waals surface area (Å²) in [4.78, 5) is 22.4. The monoisotopic (exact) mass is 265 g/mol. The fourth-order valence-electron chi connectivity index (χ4n) is 1.69. The van der Waals surface area contributed by atoms with E-state index in [2.05, 4.69) is 5.32 Å². The number of benzene rings is 1. The molecule has 0 saturated carbocycles. The van der Waals surface area contributed by atoms with Gasteiger partial charge in [-0.15, -0.1) is 0 Å². The van der Waals surface area contributed by atoms with E-state index in [4.69, 9.17) is 9.47 Å². The molecule has 0 aliphatic rings. The Morgan fingerprint density at radius 2 is 1.89 bits per heavy atom. The topological polar surface area (TPSA) is 64.6 Å². The van der Waals surface area contributed by atoms with Crippen molar-refractivity contribution in [3.8, 4) is 5.75 Å². The van der Waals surface area contributed by atoms with Crippen molar-refractivity contribution in [3.05, 3.63) is 29.8 Å². The molecule has 5 nitrogen and oxygen atoms in total. The van der Waals surface area contributed by atoms with Crippen LogP contribution in [0.2, 0.25) is 0 Å². The summed E-state index contributed by atoms with van der Waals surface area (Å²) < 4.78 is 10.1. The third kappa shape index (κ3) is 4.99. The molecule has 0 spiro atoms. The van der Waals surface area contributed by atoms with Gasteiger partial charge >= 0.3 is 5.97 Å². The Balaban J connectivity index is 2.80. The first-order valence-corrected chi connectivity index (χ1v) is 6.04. The first-order chi connectivity index (χ1) is 9.06. The van der Waals surface area contributed by atoms with E-state index in [1.54, 1.807) is 14.2 Å². The van der Waals surface area contributed by atoms with E-state index < -0.39 is 0 Å². The van der Waals surface area contributed by atoms with Crippen LogP contribution in [0.1, 0.15) is 24.8 Å². The molecule has 0 fully saturated rings. The van der Waals surface area contributed by atoms with E-state index in [9.17, 15) is 9.59 Å². The molecule has 1 aromatic carbocycles. The third-order valence-electron chi connectivity index (χ3n) is 2.79. The Morgan fingerprint density at radius 3 is 2.37 bits per heavy atom. The lowest BCUT2D eigenvalue weighted by atomic mass is 9.96. The standard InChI is InChI=1S/C14H19NO4/c1-10(16)19-9-12(8-14(17)15-2)11-4-6-13(18-3)7-5-11/h4-7,12H,8-9H2,1-3H3,(H,15,17). The normalized spacial score (nSPS) is 11.5. The molecule has 0 aromatic heterocycles. The molecule has 1 aromatic rings. The number of esters is 1. The minimum absolute atomic E-state index is 0.0898. The molecule has 1 unspecified atom stereocenters. The van der Waals surface area contributed by atoms with Crippen LogP contribution in [0.25, 0.3) is 0 Å². The van der Waals surface area contributed by atoms with Crippen LogP contribution in [0.15, 0.2) is 24.3 Å². The summed E-state index contributed by atoms with van der Waals surface area (Å²) in [5, 5.41) is 2.57. The first kappa shape index (κ1) is 15.0. The summed E-state index contributed by atoms with van der Waals surface area (Å²) in [5.41, 5.74) is 0.936. The Bertz CT molecular complexity index is 428. The molecular formula is C14H19NO4. The molecule has 0 heterocycles. The molecule has 19 heavy (non-hydrogen) atoms. The second-order valence-electron chi connectivity index (χ2n) is 4.15. The van der Waals surface area contributed by atoms with E-state index in [1.807, 2.05) is 24.3 Å². The van der Waals surface area contributed by atoms with Crippen molar-refractivity contribution in [1.29, 1.82) is 0 Å². The van der Waals surface area contributed by atoms with Gasteiger partial charge in [-0.25, -0.2) is 0 Å². The van der Waals surface area contributed by atoms with Gasteiger partial charge in [-0.05, 0) is 17.7 Å². The van der Waals surface area contributed by atoms with Gasteiger partial charge in [-0.3, -0.25) is 9.59 Å². The number of nitrogens with one attached hydrogen (secondary N) is 1. The Morgan fingerprint density at radius 1 is 1.26 bits per heavy atom. The van der Waals surface area contributed by atoms with Gasteiger partial charge in [0.15, 0.2) is 0 Å². The molecule has 0 aliphatic heterocycles. The van der Waals surface area contributed by atoms with Crippen molar-refractivity contribution in [2.75, 3.05) is 20.8 Å². The predicted octanol–water partition coefficient (Wildman–Crippen LogP) is 1.48. The molecule has 1 amide bonds. The molecule has 5 heteroatoms. The zero-order valence-corrected chi connectivity index (χ0v) is 11.4. The molecular weight excluding hydrogens is 246 g/mol. The fraction of sp³-hybridized carbons (Fsp3) is 0.429. The molecule has 1 atom stereocenters. The maximum Gasteiger partial charge on any atom is 0.302 e. The van der Waals surface area contributed by atoms with Crippen molar-refractivity contribution in [1.82, 2.24) is 5.32 Å². The van der Waals surface area contributed by atoms with Gasteiger partial charge in [0.05, 0.1) is 13.7 Å². The number of rotatable bonds is 6. The summed E-state index contributed by atoms with van der Waals surface area (Å²) >= 11 is 0. The van der Waals surface area contributed by atoms with Crippen molar-refractivity contribution in [2.45, 2.75) is 19.3 Å². The van der Waals surface area contributed by atoms with Gasteiger partial charge in [0.1, 0.15) is 5.75 Å². The largest absolute Gasteiger partial charge is 0.497 e. The van der Waals surface area contributed by atoms with Gasteiger partial charge in [-0.2, -0.15) is 0 Å². The van der Waals surface area contributed by atoms with Gasteiger partial charge in [0, 0.05) is 26.3 Å². The van der Waals surface area contributed by atoms with Crippen molar-refractivity contribution in [3.63, 3.8) is 0 Å². The van der Waals surface area contributed by atoms with Crippen molar-refractivity contribution >= 4 is 11.9 Å². The van der Waals surface area contributed by atoms with Gasteiger partial charge < -0.3 is 14.8 Å². The molecule has 0 aliphatic carbocycles.